The van der Waals surface area contributed by atoms with Crippen LogP contribution in [0.5, 0.6) is 0 Å². The number of aromatic nitrogens is 7. The van der Waals surface area contributed by atoms with Crippen LogP contribution in [0.25, 0.3) is 0 Å². The summed E-state index contributed by atoms with van der Waals surface area (Å²) in [5.74, 6) is 1.62. The Balaban J connectivity index is 2.18. The molecule has 0 aliphatic rings. The largest absolute Gasteiger partial charge is 0.309 e. The van der Waals surface area contributed by atoms with Gasteiger partial charge in [0.05, 0.1) is 19.5 Å². The number of aryl methyl sites for hydroxylation is 1. The zero-order chi connectivity index (χ0) is 9.97. The van der Waals surface area contributed by atoms with Gasteiger partial charge in [0.25, 0.3) is 0 Å². The van der Waals surface area contributed by atoms with Crippen molar-refractivity contribution in [1.29, 1.82) is 0 Å². The lowest BCUT2D eigenvalue weighted by Crippen LogP contribution is -2.04. The summed E-state index contributed by atoms with van der Waals surface area (Å²) in [7, 11) is 1.71. The fraction of sp³-hybridized carbons (Fsp3) is 0.500. The van der Waals surface area contributed by atoms with Gasteiger partial charge in [0.2, 0.25) is 0 Å². The van der Waals surface area contributed by atoms with Gasteiger partial charge in [-0.2, -0.15) is 4.80 Å². The van der Waals surface area contributed by atoms with Crippen LogP contribution in [0.15, 0.2) is 6.33 Å². The molecule has 0 unspecified atom stereocenters. The molecule has 0 aliphatic heterocycles. The Hall–Kier alpha value is -1.50. The predicted molar refractivity (Wildman–Crippen MR) is 47.5 cm³/mol. The Morgan fingerprint density at radius 1 is 1.43 bits per heavy atom. The van der Waals surface area contributed by atoms with E-state index in [9.17, 15) is 0 Å². The summed E-state index contributed by atoms with van der Waals surface area (Å²) in [5.41, 5.74) is 0. The molecule has 0 amide bonds. The molecular weight excluding hydrogens is 206 g/mol. The molecule has 0 spiro atoms. The highest BCUT2D eigenvalue weighted by Crippen LogP contribution is 2.01. The predicted octanol–water partition coefficient (Wildman–Crippen LogP) is -0.411. The lowest BCUT2D eigenvalue weighted by Gasteiger charge is -1.98. The van der Waals surface area contributed by atoms with Crippen molar-refractivity contribution >= 4 is 11.6 Å². The molecule has 2 aromatic heterocycles. The molecule has 0 saturated carbocycles. The third kappa shape index (κ3) is 1.72. The van der Waals surface area contributed by atoms with Crippen molar-refractivity contribution in [3.05, 3.63) is 18.0 Å². The molecule has 0 aromatic carbocycles. The van der Waals surface area contributed by atoms with E-state index in [1.807, 2.05) is 0 Å². The van der Waals surface area contributed by atoms with Crippen LogP contribution in [0.2, 0.25) is 0 Å². The minimum atomic E-state index is 0.320. The molecule has 0 atom stereocenters. The van der Waals surface area contributed by atoms with Gasteiger partial charge in [0.1, 0.15) is 12.2 Å². The van der Waals surface area contributed by atoms with Crippen LogP contribution in [0.4, 0.5) is 0 Å². The quantitative estimate of drug-likeness (QED) is 0.648. The van der Waals surface area contributed by atoms with Crippen molar-refractivity contribution in [3.63, 3.8) is 0 Å². The van der Waals surface area contributed by atoms with Crippen molar-refractivity contribution in [2.45, 2.75) is 12.4 Å². The molecule has 0 saturated heterocycles. The molecule has 74 valence electrons. The number of rotatable bonds is 3. The van der Waals surface area contributed by atoms with E-state index in [-0.39, 0.29) is 0 Å². The summed E-state index contributed by atoms with van der Waals surface area (Å²) >= 11 is 5.66. The second-order valence-corrected chi connectivity index (χ2v) is 2.97. The van der Waals surface area contributed by atoms with Gasteiger partial charge in [-0.1, -0.05) is 0 Å². The van der Waals surface area contributed by atoms with Crippen LogP contribution < -0.4 is 0 Å². The Morgan fingerprint density at radius 2 is 2.29 bits per heavy atom. The Kier molecular flexibility index (Phi) is 2.40. The zero-order valence-electron chi connectivity index (χ0n) is 7.50. The number of alkyl halides is 1. The highest BCUT2D eigenvalue weighted by atomic mass is 35.5. The third-order valence-corrected chi connectivity index (χ3v) is 1.92. The molecule has 8 heteroatoms. The molecule has 2 heterocycles. The number of halogens is 1. The summed E-state index contributed by atoms with van der Waals surface area (Å²) < 4.78 is 1.78. The first-order valence-electron chi connectivity index (χ1n) is 3.95. The van der Waals surface area contributed by atoms with Gasteiger partial charge in [-0.05, 0) is 5.21 Å². The molecular formula is C6H8ClN7. The summed E-state index contributed by atoms with van der Waals surface area (Å²) in [6, 6.07) is 0. The molecule has 0 N–H and O–H groups in total. The molecule has 7 nitrogen and oxygen atoms in total. The van der Waals surface area contributed by atoms with Crippen molar-refractivity contribution in [2.75, 3.05) is 0 Å². The lowest BCUT2D eigenvalue weighted by molar-refractivity contribution is 0.624. The first kappa shape index (κ1) is 9.07. The number of hydrogen-bond acceptors (Lipinski definition) is 5. The Labute approximate surface area is 84.7 Å². The number of hydrogen-bond donors (Lipinski definition) is 0. The maximum absolute atomic E-state index is 5.66. The maximum Gasteiger partial charge on any atom is 0.194 e. The SMILES string of the molecule is Cn1nnc(Cn2cnnc2CCl)n1. The second kappa shape index (κ2) is 3.70. The average Bonchev–Trinajstić information content (AvgIpc) is 2.76. The Bertz CT molecular complexity index is 419. The van der Waals surface area contributed by atoms with Gasteiger partial charge < -0.3 is 4.57 Å². The van der Waals surface area contributed by atoms with E-state index in [2.05, 4.69) is 25.6 Å². The molecule has 0 fully saturated rings. The number of tetrazole rings is 1. The van der Waals surface area contributed by atoms with Crippen LogP contribution in [0, 0.1) is 0 Å². The zero-order valence-corrected chi connectivity index (χ0v) is 8.26. The monoisotopic (exact) mass is 213 g/mol. The number of nitrogens with zero attached hydrogens (tertiary/aromatic N) is 7. The van der Waals surface area contributed by atoms with E-state index in [0.717, 1.165) is 0 Å². The van der Waals surface area contributed by atoms with Gasteiger partial charge in [-0.15, -0.1) is 32.0 Å². The van der Waals surface area contributed by atoms with Gasteiger partial charge in [-0.25, -0.2) is 0 Å². The summed E-state index contributed by atoms with van der Waals surface area (Å²) in [6.07, 6.45) is 1.59. The topological polar surface area (TPSA) is 74.3 Å². The third-order valence-electron chi connectivity index (χ3n) is 1.68. The summed E-state index contributed by atoms with van der Waals surface area (Å²) in [6.45, 7) is 0.489. The van der Waals surface area contributed by atoms with E-state index in [1.54, 1.807) is 17.9 Å². The van der Waals surface area contributed by atoms with Crippen LogP contribution in [0.3, 0.4) is 0 Å². The van der Waals surface area contributed by atoms with Crippen LogP contribution >= 0.6 is 11.6 Å². The lowest BCUT2D eigenvalue weighted by atomic mass is 10.5. The molecule has 14 heavy (non-hydrogen) atoms. The smallest absolute Gasteiger partial charge is 0.194 e. The van der Waals surface area contributed by atoms with E-state index in [1.165, 1.54) is 4.80 Å². The maximum atomic E-state index is 5.66. The fourth-order valence-corrected chi connectivity index (χ4v) is 1.26. The van der Waals surface area contributed by atoms with Gasteiger partial charge >= 0.3 is 0 Å². The minimum absolute atomic E-state index is 0.320. The van der Waals surface area contributed by atoms with E-state index in [0.29, 0.717) is 24.1 Å². The van der Waals surface area contributed by atoms with Gasteiger partial charge in [0.15, 0.2) is 5.82 Å². The van der Waals surface area contributed by atoms with Crippen LogP contribution in [-0.2, 0) is 19.5 Å². The van der Waals surface area contributed by atoms with E-state index in [4.69, 9.17) is 11.6 Å². The highest BCUT2D eigenvalue weighted by molar-refractivity contribution is 6.16. The second-order valence-electron chi connectivity index (χ2n) is 2.70. The van der Waals surface area contributed by atoms with Crippen molar-refractivity contribution in [3.8, 4) is 0 Å². The standard InChI is InChI=1S/C6H8ClN7/c1-13-11-5(9-12-13)3-14-4-8-10-6(14)2-7/h4H,2-3H2,1H3. The first-order chi connectivity index (χ1) is 6.79. The van der Waals surface area contributed by atoms with Crippen molar-refractivity contribution in [1.82, 2.24) is 35.0 Å². The summed E-state index contributed by atoms with van der Waals surface area (Å²) in [5, 5.41) is 19.2. The molecule has 0 bridgehead atoms. The van der Waals surface area contributed by atoms with Gasteiger partial charge in [-0.3, -0.25) is 0 Å². The molecule has 2 aromatic rings. The molecule has 0 radical (unpaired) electrons. The van der Waals surface area contributed by atoms with Crippen LogP contribution in [-0.4, -0.2) is 35.0 Å². The average molecular weight is 214 g/mol. The Morgan fingerprint density at radius 3 is 2.93 bits per heavy atom. The normalized spacial score (nSPS) is 10.7. The summed E-state index contributed by atoms with van der Waals surface area (Å²) in [4.78, 5) is 1.40. The van der Waals surface area contributed by atoms with Crippen molar-refractivity contribution < 1.29 is 0 Å². The molecule has 2 rings (SSSR count). The fourth-order valence-electron chi connectivity index (χ4n) is 1.05. The van der Waals surface area contributed by atoms with E-state index < -0.39 is 0 Å². The van der Waals surface area contributed by atoms with E-state index >= 15 is 0 Å². The van der Waals surface area contributed by atoms with Gasteiger partial charge in [0, 0.05) is 0 Å². The van der Waals surface area contributed by atoms with Crippen LogP contribution in [0.1, 0.15) is 11.6 Å². The van der Waals surface area contributed by atoms with Crippen molar-refractivity contribution in [2.24, 2.45) is 7.05 Å². The first-order valence-corrected chi connectivity index (χ1v) is 4.48. The highest BCUT2D eigenvalue weighted by Gasteiger charge is 2.06. The minimum Gasteiger partial charge on any atom is -0.309 e. The molecule has 0 aliphatic carbocycles.